The van der Waals surface area contributed by atoms with Crippen molar-refractivity contribution in [3.8, 4) is 0 Å². The van der Waals surface area contributed by atoms with Gasteiger partial charge in [-0.25, -0.2) is 0 Å². The summed E-state index contributed by atoms with van der Waals surface area (Å²) in [4.78, 5) is 16.1. The van der Waals surface area contributed by atoms with E-state index < -0.39 is 36.4 Å². The number of likely N-dealkylation sites (tertiary alicyclic amines) is 2. The lowest BCUT2D eigenvalue weighted by Crippen LogP contribution is -2.59. The third-order valence-corrected chi connectivity index (χ3v) is 5.62. The van der Waals surface area contributed by atoms with E-state index in [0.717, 1.165) is 45.4 Å². The lowest BCUT2D eigenvalue weighted by molar-refractivity contribution is -0.154. The summed E-state index contributed by atoms with van der Waals surface area (Å²) in [6.45, 7) is 4.00. The van der Waals surface area contributed by atoms with Crippen molar-refractivity contribution in [3.63, 3.8) is 0 Å². The normalized spacial score (nSPS) is 27.9. The van der Waals surface area contributed by atoms with E-state index in [1.807, 2.05) is 0 Å². The van der Waals surface area contributed by atoms with Crippen LogP contribution in [-0.4, -0.2) is 79.5 Å². The second kappa shape index (κ2) is 9.37. The van der Waals surface area contributed by atoms with E-state index in [0.29, 0.717) is 26.1 Å². The fourth-order valence-electron chi connectivity index (χ4n) is 4.19. The molecule has 0 aromatic heterocycles. The van der Waals surface area contributed by atoms with Crippen LogP contribution in [0.2, 0.25) is 0 Å². The highest BCUT2D eigenvalue weighted by Gasteiger charge is 2.46. The number of methoxy groups -OCH3 is 1. The largest absolute Gasteiger partial charge is 0.392 e. The number of alkyl halides is 3. The summed E-state index contributed by atoms with van der Waals surface area (Å²) in [5.41, 5.74) is -0.411. The second-order valence-electron chi connectivity index (χ2n) is 7.68. The Morgan fingerprint density at radius 3 is 2.73 bits per heavy atom. The smallest absolute Gasteiger partial charge is 0.389 e. The molecule has 26 heavy (non-hydrogen) atoms. The first-order chi connectivity index (χ1) is 12.3. The maximum atomic E-state index is 12.4. The molecule has 8 heteroatoms. The van der Waals surface area contributed by atoms with Gasteiger partial charge < -0.3 is 19.6 Å². The van der Waals surface area contributed by atoms with Gasteiger partial charge in [0.1, 0.15) is 0 Å². The Morgan fingerprint density at radius 1 is 1.27 bits per heavy atom. The van der Waals surface area contributed by atoms with Gasteiger partial charge in [0.05, 0.1) is 12.5 Å². The average Bonchev–Trinajstić information content (AvgIpc) is 2.59. The zero-order valence-corrected chi connectivity index (χ0v) is 15.6. The van der Waals surface area contributed by atoms with Crippen LogP contribution in [-0.2, 0) is 9.53 Å². The lowest BCUT2D eigenvalue weighted by Gasteiger charge is -2.51. The molecule has 2 aliphatic heterocycles. The number of aliphatic hydroxyl groups is 1. The number of amides is 1. The first-order valence-electron chi connectivity index (χ1n) is 9.50. The number of piperidine rings is 2. The van der Waals surface area contributed by atoms with Crippen LogP contribution >= 0.6 is 0 Å². The Bertz CT molecular complexity index is 461. The number of ether oxygens (including phenoxy) is 1. The van der Waals surface area contributed by atoms with Gasteiger partial charge in [0, 0.05) is 51.7 Å². The molecule has 152 valence electrons. The molecule has 1 spiro atoms. The van der Waals surface area contributed by atoms with Crippen molar-refractivity contribution >= 4 is 5.91 Å². The highest BCUT2D eigenvalue weighted by atomic mass is 19.4. The molecule has 0 saturated carbocycles. The third kappa shape index (κ3) is 6.09. The highest BCUT2D eigenvalue weighted by molar-refractivity contribution is 5.76. The summed E-state index contributed by atoms with van der Waals surface area (Å²) in [5, 5.41) is 10.6. The van der Waals surface area contributed by atoms with Crippen LogP contribution in [0.3, 0.4) is 0 Å². The molecule has 1 amide bonds. The van der Waals surface area contributed by atoms with Gasteiger partial charge in [0.2, 0.25) is 5.91 Å². The molecule has 2 heterocycles. The average molecular weight is 380 g/mol. The summed E-state index contributed by atoms with van der Waals surface area (Å²) in [7, 11) is 1.68. The number of aliphatic hydroxyl groups excluding tert-OH is 1. The molecule has 0 unspecified atom stereocenters. The van der Waals surface area contributed by atoms with E-state index in [9.17, 15) is 23.1 Å². The minimum absolute atomic E-state index is 0.361. The Morgan fingerprint density at radius 2 is 2.04 bits per heavy atom. The van der Waals surface area contributed by atoms with E-state index in [2.05, 4.69) is 4.90 Å². The van der Waals surface area contributed by atoms with E-state index in [-0.39, 0.29) is 0 Å². The van der Waals surface area contributed by atoms with Crippen molar-refractivity contribution < 1.29 is 27.8 Å². The van der Waals surface area contributed by atoms with Crippen LogP contribution in [0.25, 0.3) is 0 Å². The number of carbonyl (C=O) groups excluding carboxylic acids is 1. The molecule has 2 atom stereocenters. The topological polar surface area (TPSA) is 53.0 Å². The Kier molecular flexibility index (Phi) is 7.73. The van der Waals surface area contributed by atoms with Crippen molar-refractivity contribution in [2.75, 3.05) is 46.4 Å². The highest BCUT2D eigenvalue weighted by Crippen LogP contribution is 2.39. The monoisotopic (exact) mass is 380 g/mol. The summed E-state index contributed by atoms with van der Waals surface area (Å²) in [6.07, 6.45) is -2.23. The standard InChI is InChI=1S/C18H31F3N2O3/c1-26-12-3-2-9-22-11-6-15(24)17(13-22)7-4-10-23(14-17)16(25)5-8-18(19,20)21/h15,24H,2-14H2,1H3/t15-,17-/m1/s1. The van der Waals surface area contributed by atoms with Gasteiger partial charge in [-0.3, -0.25) is 4.79 Å². The van der Waals surface area contributed by atoms with Crippen LogP contribution in [0.1, 0.15) is 44.9 Å². The third-order valence-electron chi connectivity index (χ3n) is 5.62. The van der Waals surface area contributed by atoms with Crippen molar-refractivity contribution in [1.82, 2.24) is 9.80 Å². The molecule has 0 aliphatic carbocycles. The number of rotatable bonds is 7. The SMILES string of the molecule is COCCCCN1CC[C@@H](O)[C@]2(CCCN(C(=O)CCC(F)(F)F)C2)C1. The molecule has 1 N–H and O–H groups in total. The van der Waals surface area contributed by atoms with Crippen molar-refractivity contribution in [3.05, 3.63) is 0 Å². The van der Waals surface area contributed by atoms with E-state index in [4.69, 9.17) is 4.74 Å². The fraction of sp³-hybridized carbons (Fsp3) is 0.944. The van der Waals surface area contributed by atoms with Crippen molar-refractivity contribution in [1.29, 1.82) is 0 Å². The van der Waals surface area contributed by atoms with Crippen molar-refractivity contribution in [2.45, 2.75) is 57.2 Å². The summed E-state index contributed by atoms with van der Waals surface area (Å²) >= 11 is 0. The summed E-state index contributed by atoms with van der Waals surface area (Å²) < 4.78 is 42.2. The molecule has 2 fully saturated rings. The zero-order valence-electron chi connectivity index (χ0n) is 15.6. The van der Waals surface area contributed by atoms with Gasteiger partial charge in [0.15, 0.2) is 0 Å². The maximum Gasteiger partial charge on any atom is 0.389 e. The Hall–Kier alpha value is -0.860. The van der Waals surface area contributed by atoms with Crippen LogP contribution < -0.4 is 0 Å². The van der Waals surface area contributed by atoms with E-state index >= 15 is 0 Å². The predicted octanol–water partition coefficient (Wildman–Crippen LogP) is 2.43. The van der Waals surface area contributed by atoms with Gasteiger partial charge in [-0.2, -0.15) is 13.2 Å². The molecule has 2 aliphatic rings. The molecule has 5 nitrogen and oxygen atoms in total. The molecule has 0 aromatic carbocycles. The molecular formula is C18H31F3N2O3. The number of carbonyl (C=O) groups is 1. The fourth-order valence-corrected chi connectivity index (χ4v) is 4.19. The summed E-state index contributed by atoms with van der Waals surface area (Å²) in [5.74, 6) is -0.453. The van der Waals surface area contributed by atoms with Gasteiger partial charge in [-0.15, -0.1) is 0 Å². The Labute approximate surface area is 153 Å². The first-order valence-corrected chi connectivity index (χ1v) is 9.50. The Balaban J connectivity index is 1.91. The molecule has 0 aromatic rings. The molecule has 2 rings (SSSR count). The molecule has 0 radical (unpaired) electrons. The van der Waals surface area contributed by atoms with Crippen LogP contribution in [0.4, 0.5) is 13.2 Å². The van der Waals surface area contributed by atoms with Gasteiger partial charge >= 0.3 is 6.18 Å². The number of nitrogens with zero attached hydrogens (tertiary/aromatic N) is 2. The van der Waals surface area contributed by atoms with Crippen molar-refractivity contribution in [2.24, 2.45) is 5.41 Å². The van der Waals surface area contributed by atoms with Gasteiger partial charge in [-0.05, 0) is 38.6 Å². The van der Waals surface area contributed by atoms with E-state index in [1.165, 1.54) is 4.90 Å². The number of unbranched alkanes of at least 4 members (excludes halogenated alkanes) is 1. The van der Waals surface area contributed by atoms with Gasteiger partial charge in [0.25, 0.3) is 0 Å². The summed E-state index contributed by atoms with van der Waals surface area (Å²) in [6, 6.07) is 0. The maximum absolute atomic E-state index is 12.4. The predicted molar refractivity (Wildman–Crippen MR) is 91.7 cm³/mol. The molecule has 0 bridgehead atoms. The second-order valence-corrected chi connectivity index (χ2v) is 7.68. The minimum Gasteiger partial charge on any atom is -0.392 e. The van der Waals surface area contributed by atoms with Crippen LogP contribution in [0.15, 0.2) is 0 Å². The number of halogens is 3. The van der Waals surface area contributed by atoms with Crippen LogP contribution in [0.5, 0.6) is 0 Å². The molecule has 2 saturated heterocycles. The van der Waals surface area contributed by atoms with Gasteiger partial charge in [-0.1, -0.05) is 0 Å². The minimum atomic E-state index is -4.31. The van der Waals surface area contributed by atoms with E-state index in [1.54, 1.807) is 7.11 Å². The van der Waals surface area contributed by atoms with Crippen LogP contribution in [0, 0.1) is 5.41 Å². The number of hydrogen-bond donors (Lipinski definition) is 1. The quantitative estimate of drug-likeness (QED) is 0.690. The molecular weight excluding hydrogens is 349 g/mol. The number of hydrogen-bond acceptors (Lipinski definition) is 4. The first kappa shape index (κ1) is 21.4. The zero-order chi connectivity index (χ0) is 19.2. The lowest BCUT2D eigenvalue weighted by atomic mass is 9.71.